The van der Waals surface area contributed by atoms with Gasteiger partial charge in [-0.3, -0.25) is 5.10 Å². The summed E-state index contributed by atoms with van der Waals surface area (Å²) in [6.07, 6.45) is 5.11. The van der Waals surface area contributed by atoms with Crippen LogP contribution in [0, 0.1) is 5.41 Å². The maximum atomic E-state index is 12.2. The van der Waals surface area contributed by atoms with Crippen molar-refractivity contribution >= 4 is 22.6 Å². The molecule has 1 heterocycles. The number of nitrogens with zero attached hydrogens (tertiary/aromatic N) is 1. The molecule has 24 heavy (non-hydrogen) atoms. The Labute approximate surface area is 140 Å². The number of urea groups is 1. The van der Waals surface area contributed by atoms with Gasteiger partial charge < -0.3 is 10.6 Å². The second kappa shape index (κ2) is 6.00. The Bertz CT molecular complexity index is 852. The van der Waals surface area contributed by atoms with Crippen LogP contribution in [-0.2, 0) is 6.42 Å². The highest BCUT2D eigenvalue weighted by atomic mass is 16.2. The molecule has 2 amide bonds. The Morgan fingerprint density at radius 1 is 1.17 bits per heavy atom. The summed E-state index contributed by atoms with van der Waals surface area (Å²) in [6, 6.07) is 16.0. The number of rotatable bonds is 5. The maximum absolute atomic E-state index is 12.2. The van der Waals surface area contributed by atoms with E-state index in [2.05, 4.69) is 45.1 Å². The number of aromatic nitrogens is 2. The fourth-order valence-corrected chi connectivity index (χ4v) is 3.09. The van der Waals surface area contributed by atoms with Crippen LogP contribution >= 0.6 is 0 Å². The van der Waals surface area contributed by atoms with E-state index in [1.165, 1.54) is 18.4 Å². The number of nitrogens with one attached hydrogen (secondary N) is 3. The summed E-state index contributed by atoms with van der Waals surface area (Å²) in [4.78, 5) is 12.2. The molecule has 0 bridgehead atoms. The van der Waals surface area contributed by atoms with Crippen LogP contribution in [0.1, 0.15) is 18.4 Å². The molecule has 122 valence electrons. The monoisotopic (exact) mass is 320 g/mol. The van der Waals surface area contributed by atoms with Crippen molar-refractivity contribution in [2.24, 2.45) is 5.41 Å². The molecular formula is C19H20N4O. The topological polar surface area (TPSA) is 69.8 Å². The average Bonchev–Trinajstić information content (AvgIpc) is 3.19. The van der Waals surface area contributed by atoms with Crippen LogP contribution in [0.15, 0.2) is 54.7 Å². The molecule has 0 saturated heterocycles. The molecule has 2 aromatic carbocycles. The van der Waals surface area contributed by atoms with Crippen molar-refractivity contribution in [3.63, 3.8) is 0 Å². The van der Waals surface area contributed by atoms with Gasteiger partial charge in [-0.25, -0.2) is 4.79 Å². The van der Waals surface area contributed by atoms with E-state index in [1.807, 2.05) is 24.3 Å². The molecule has 0 atom stereocenters. The standard InChI is InChI=1S/C19H20N4O/c24-18(22-16-6-7-17-15(10-16)12-21-23-17)20-13-19(8-9-19)11-14-4-2-1-3-5-14/h1-7,10,12H,8-9,11,13H2,(H,21,23)(H2,20,22,24). The number of fused-ring (bicyclic) bond motifs is 1. The van der Waals surface area contributed by atoms with Gasteiger partial charge in [-0.05, 0) is 48.4 Å². The first-order valence-electron chi connectivity index (χ1n) is 8.24. The van der Waals surface area contributed by atoms with Crippen molar-refractivity contribution < 1.29 is 4.79 Å². The van der Waals surface area contributed by atoms with Gasteiger partial charge in [-0.1, -0.05) is 30.3 Å². The maximum Gasteiger partial charge on any atom is 0.319 e. The molecular weight excluding hydrogens is 300 g/mol. The summed E-state index contributed by atoms with van der Waals surface area (Å²) in [7, 11) is 0. The highest BCUT2D eigenvalue weighted by Gasteiger charge is 2.42. The normalized spacial score (nSPS) is 15.2. The number of carbonyl (C=O) groups is 1. The van der Waals surface area contributed by atoms with Gasteiger partial charge in [0.25, 0.3) is 0 Å². The van der Waals surface area contributed by atoms with E-state index in [0.717, 1.165) is 23.0 Å². The van der Waals surface area contributed by atoms with E-state index < -0.39 is 0 Å². The Morgan fingerprint density at radius 3 is 2.79 bits per heavy atom. The van der Waals surface area contributed by atoms with Gasteiger partial charge in [0, 0.05) is 17.6 Å². The number of carbonyl (C=O) groups excluding carboxylic acids is 1. The zero-order chi connectivity index (χ0) is 16.4. The van der Waals surface area contributed by atoms with Gasteiger partial charge in [-0.15, -0.1) is 0 Å². The summed E-state index contributed by atoms with van der Waals surface area (Å²) in [5, 5.41) is 13.8. The van der Waals surface area contributed by atoms with Crippen molar-refractivity contribution in [3.8, 4) is 0 Å². The number of H-pyrrole nitrogens is 1. The minimum absolute atomic E-state index is 0.155. The molecule has 1 fully saturated rings. The smallest absolute Gasteiger partial charge is 0.319 e. The van der Waals surface area contributed by atoms with Gasteiger partial charge in [0.2, 0.25) is 0 Å². The van der Waals surface area contributed by atoms with Crippen LogP contribution in [0.5, 0.6) is 0 Å². The molecule has 5 nitrogen and oxygen atoms in total. The Morgan fingerprint density at radius 2 is 2.00 bits per heavy atom. The van der Waals surface area contributed by atoms with Crippen LogP contribution < -0.4 is 10.6 Å². The molecule has 1 aromatic heterocycles. The molecule has 0 spiro atoms. The van der Waals surface area contributed by atoms with E-state index in [4.69, 9.17) is 0 Å². The molecule has 3 N–H and O–H groups in total. The lowest BCUT2D eigenvalue weighted by Gasteiger charge is -2.16. The van der Waals surface area contributed by atoms with Crippen LogP contribution in [0.3, 0.4) is 0 Å². The first-order chi connectivity index (χ1) is 11.7. The van der Waals surface area contributed by atoms with E-state index in [1.54, 1.807) is 6.20 Å². The molecule has 1 aliphatic rings. The van der Waals surface area contributed by atoms with Crippen molar-refractivity contribution in [1.29, 1.82) is 0 Å². The van der Waals surface area contributed by atoms with Gasteiger partial charge in [0.15, 0.2) is 0 Å². The first kappa shape index (κ1) is 14.8. The zero-order valence-corrected chi connectivity index (χ0v) is 13.4. The quantitative estimate of drug-likeness (QED) is 0.671. The predicted octanol–water partition coefficient (Wildman–Crippen LogP) is 3.71. The molecule has 0 unspecified atom stereocenters. The van der Waals surface area contributed by atoms with Crippen LogP contribution in [0.4, 0.5) is 10.5 Å². The third kappa shape index (κ3) is 3.25. The van der Waals surface area contributed by atoms with E-state index in [-0.39, 0.29) is 11.4 Å². The molecule has 0 aliphatic heterocycles. The Hall–Kier alpha value is -2.82. The van der Waals surface area contributed by atoms with Gasteiger partial charge in [-0.2, -0.15) is 5.10 Å². The Kier molecular flexibility index (Phi) is 3.69. The lowest BCUT2D eigenvalue weighted by atomic mass is 9.96. The highest BCUT2D eigenvalue weighted by Crippen LogP contribution is 2.47. The average molecular weight is 320 g/mol. The second-order valence-electron chi connectivity index (χ2n) is 6.64. The molecule has 0 radical (unpaired) electrons. The minimum atomic E-state index is -0.155. The predicted molar refractivity (Wildman–Crippen MR) is 94.9 cm³/mol. The lowest BCUT2D eigenvalue weighted by Crippen LogP contribution is -2.34. The summed E-state index contributed by atoms with van der Waals surface area (Å²) < 4.78 is 0. The van der Waals surface area contributed by atoms with Gasteiger partial charge in [0.05, 0.1) is 11.7 Å². The van der Waals surface area contributed by atoms with Crippen LogP contribution in [0.2, 0.25) is 0 Å². The third-order valence-corrected chi connectivity index (χ3v) is 4.70. The van der Waals surface area contributed by atoms with E-state index in [9.17, 15) is 4.79 Å². The lowest BCUT2D eigenvalue weighted by molar-refractivity contribution is 0.249. The number of anilines is 1. The van der Waals surface area contributed by atoms with Crippen molar-refractivity contribution in [1.82, 2.24) is 15.5 Å². The number of amides is 2. The SMILES string of the molecule is O=C(NCC1(Cc2ccccc2)CC1)Nc1ccc2[nH]ncc2c1. The fraction of sp³-hybridized carbons (Fsp3) is 0.263. The van der Waals surface area contributed by atoms with E-state index >= 15 is 0 Å². The molecule has 4 rings (SSSR count). The van der Waals surface area contributed by atoms with Crippen molar-refractivity contribution in [2.75, 3.05) is 11.9 Å². The van der Waals surface area contributed by atoms with Crippen molar-refractivity contribution in [2.45, 2.75) is 19.3 Å². The summed E-state index contributed by atoms with van der Waals surface area (Å²) in [6.45, 7) is 0.710. The highest BCUT2D eigenvalue weighted by molar-refractivity contribution is 5.92. The number of benzene rings is 2. The first-order valence-corrected chi connectivity index (χ1v) is 8.24. The summed E-state index contributed by atoms with van der Waals surface area (Å²) >= 11 is 0. The van der Waals surface area contributed by atoms with Gasteiger partial charge >= 0.3 is 6.03 Å². The summed E-state index contributed by atoms with van der Waals surface area (Å²) in [5.41, 5.74) is 3.30. The zero-order valence-electron chi connectivity index (χ0n) is 13.4. The van der Waals surface area contributed by atoms with Crippen molar-refractivity contribution in [3.05, 3.63) is 60.3 Å². The summed E-state index contributed by atoms with van der Waals surface area (Å²) in [5.74, 6) is 0. The number of aromatic amines is 1. The molecule has 1 saturated carbocycles. The molecule has 5 heteroatoms. The largest absolute Gasteiger partial charge is 0.337 e. The molecule has 3 aromatic rings. The third-order valence-electron chi connectivity index (χ3n) is 4.70. The van der Waals surface area contributed by atoms with Crippen LogP contribution in [-0.4, -0.2) is 22.8 Å². The second-order valence-corrected chi connectivity index (χ2v) is 6.64. The van der Waals surface area contributed by atoms with Crippen LogP contribution in [0.25, 0.3) is 10.9 Å². The fourth-order valence-electron chi connectivity index (χ4n) is 3.09. The van der Waals surface area contributed by atoms with E-state index in [0.29, 0.717) is 6.54 Å². The minimum Gasteiger partial charge on any atom is -0.337 e. The number of hydrogen-bond donors (Lipinski definition) is 3. The number of hydrogen-bond acceptors (Lipinski definition) is 2. The molecule has 1 aliphatic carbocycles. The Balaban J connectivity index is 1.33. The van der Waals surface area contributed by atoms with Gasteiger partial charge in [0.1, 0.15) is 0 Å².